The Labute approximate surface area is 109 Å². The minimum Gasteiger partial charge on any atom is -0.492 e. The summed E-state index contributed by atoms with van der Waals surface area (Å²) in [5.74, 6) is 0.678. The van der Waals surface area contributed by atoms with Crippen molar-refractivity contribution in [2.75, 3.05) is 13.2 Å². The Morgan fingerprint density at radius 2 is 2.06 bits per heavy atom. The quantitative estimate of drug-likeness (QED) is 0.724. The fraction of sp³-hybridized carbons (Fsp3) is 0.500. The summed E-state index contributed by atoms with van der Waals surface area (Å²) in [6, 6.07) is 9.51. The molecule has 0 bridgehead atoms. The fourth-order valence-corrected chi connectivity index (χ4v) is 1.68. The maximum atomic E-state index is 11.8. The monoisotopic (exact) mass is 250 g/mol. The van der Waals surface area contributed by atoms with Crippen molar-refractivity contribution in [3.8, 4) is 5.75 Å². The fourth-order valence-electron chi connectivity index (χ4n) is 1.68. The van der Waals surface area contributed by atoms with E-state index < -0.39 is 5.54 Å². The number of hydrogen-bond donors (Lipinski definition) is 2. The molecule has 0 spiro atoms. The molecule has 18 heavy (non-hydrogen) atoms. The van der Waals surface area contributed by atoms with Crippen molar-refractivity contribution in [3.63, 3.8) is 0 Å². The van der Waals surface area contributed by atoms with Gasteiger partial charge in [0.15, 0.2) is 0 Å². The minimum atomic E-state index is -0.790. The van der Waals surface area contributed by atoms with E-state index >= 15 is 0 Å². The second-order valence-corrected chi connectivity index (χ2v) is 4.58. The van der Waals surface area contributed by atoms with E-state index in [2.05, 4.69) is 5.32 Å². The van der Waals surface area contributed by atoms with E-state index in [4.69, 9.17) is 10.5 Å². The molecule has 0 aromatic heterocycles. The van der Waals surface area contributed by atoms with Gasteiger partial charge in [-0.1, -0.05) is 31.5 Å². The lowest BCUT2D eigenvalue weighted by Crippen LogP contribution is -2.52. The zero-order valence-corrected chi connectivity index (χ0v) is 11.1. The van der Waals surface area contributed by atoms with Gasteiger partial charge in [0, 0.05) is 0 Å². The van der Waals surface area contributed by atoms with Crippen LogP contribution in [0.1, 0.15) is 26.7 Å². The molecule has 0 aliphatic rings. The molecular formula is C14H22N2O2. The second kappa shape index (κ2) is 7.01. The number of carbonyl (C=O) groups is 1. The Kier molecular flexibility index (Phi) is 5.65. The summed E-state index contributed by atoms with van der Waals surface area (Å²) >= 11 is 0. The minimum absolute atomic E-state index is 0.124. The van der Waals surface area contributed by atoms with Crippen LogP contribution >= 0.6 is 0 Å². The first-order valence-electron chi connectivity index (χ1n) is 6.31. The highest BCUT2D eigenvalue weighted by Gasteiger charge is 2.26. The topological polar surface area (TPSA) is 64.4 Å². The van der Waals surface area contributed by atoms with Crippen LogP contribution in [-0.4, -0.2) is 24.6 Å². The van der Waals surface area contributed by atoms with Crippen LogP contribution in [0.15, 0.2) is 30.3 Å². The highest BCUT2D eigenvalue weighted by atomic mass is 16.5. The number of ether oxygens (including phenoxy) is 1. The van der Waals surface area contributed by atoms with E-state index in [1.54, 1.807) is 6.92 Å². The van der Waals surface area contributed by atoms with Crippen LogP contribution < -0.4 is 15.8 Å². The lowest BCUT2D eigenvalue weighted by atomic mass is 9.97. The van der Waals surface area contributed by atoms with Gasteiger partial charge in [-0.05, 0) is 25.5 Å². The first-order valence-corrected chi connectivity index (χ1v) is 6.31. The van der Waals surface area contributed by atoms with Crippen molar-refractivity contribution < 1.29 is 9.53 Å². The summed E-state index contributed by atoms with van der Waals surface area (Å²) in [6.07, 6.45) is 1.57. The maximum absolute atomic E-state index is 11.8. The van der Waals surface area contributed by atoms with Crippen molar-refractivity contribution in [2.24, 2.45) is 5.73 Å². The number of carbonyl (C=O) groups excluding carboxylic acids is 1. The van der Waals surface area contributed by atoms with Gasteiger partial charge in [-0.2, -0.15) is 0 Å². The lowest BCUT2D eigenvalue weighted by Gasteiger charge is -2.22. The molecule has 1 rings (SSSR count). The number of nitrogens with one attached hydrogen (secondary N) is 1. The zero-order valence-electron chi connectivity index (χ0n) is 11.1. The molecule has 4 heteroatoms. The molecule has 1 aromatic carbocycles. The molecule has 1 atom stereocenters. The van der Waals surface area contributed by atoms with Gasteiger partial charge >= 0.3 is 0 Å². The summed E-state index contributed by atoms with van der Waals surface area (Å²) in [5.41, 5.74) is 5.12. The smallest absolute Gasteiger partial charge is 0.239 e. The molecule has 4 nitrogen and oxygen atoms in total. The number of amides is 1. The average Bonchev–Trinajstić information content (AvgIpc) is 2.35. The molecule has 1 aromatic rings. The second-order valence-electron chi connectivity index (χ2n) is 4.58. The number of hydrogen-bond acceptors (Lipinski definition) is 3. The van der Waals surface area contributed by atoms with Crippen LogP contribution in [0, 0.1) is 0 Å². The molecule has 0 saturated heterocycles. The van der Waals surface area contributed by atoms with Crippen LogP contribution in [0.25, 0.3) is 0 Å². The van der Waals surface area contributed by atoms with Crippen molar-refractivity contribution in [3.05, 3.63) is 30.3 Å². The first-order chi connectivity index (χ1) is 8.56. The maximum Gasteiger partial charge on any atom is 0.239 e. The van der Waals surface area contributed by atoms with Crippen LogP contribution in [0.4, 0.5) is 0 Å². The van der Waals surface area contributed by atoms with Crippen molar-refractivity contribution in [1.82, 2.24) is 5.32 Å². The Balaban J connectivity index is 2.24. The summed E-state index contributed by atoms with van der Waals surface area (Å²) in [4.78, 5) is 11.8. The number of nitrogens with two attached hydrogens (primary N) is 1. The van der Waals surface area contributed by atoms with Gasteiger partial charge in [0.1, 0.15) is 12.4 Å². The summed E-state index contributed by atoms with van der Waals surface area (Å²) in [7, 11) is 0. The summed E-state index contributed by atoms with van der Waals surface area (Å²) in [6.45, 7) is 4.67. The number of rotatable bonds is 7. The van der Waals surface area contributed by atoms with Gasteiger partial charge in [0.05, 0.1) is 12.1 Å². The number of para-hydroxylation sites is 1. The van der Waals surface area contributed by atoms with Crippen molar-refractivity contribution in [2.45, 2.75) is 32.2 Å². The van der Waals surface area contributed by atoms with E-state index in [-0.39, 0.29) is 5.91 Å². The third-order valence-corrected chi connectivity index (χ3v) is 2.69. The predicted molar refractivity (Wildman–Crippen MR) is 72.4 cm³/mol. The van der Waals surface area contributed by atoms with E-state index in [1.165, 1.54) is 0 Å². The zero-order chi connectivity index (χ0) is 13.4. The lowest BCUT2D eigenvalue weighted by molar-refractivity contribution is -0.126. The van der Waals surface area contributed by atoms with Gasteiger partial charge in [-0.15, -0.1) is 0 Å². The molecular weight excluding hydrogens is 228 g/mol. The van der Waals surface area contributed by atoms with Crippen LogP contribution in [0.5, 0.6) is 5.75 Å². The Hall–Kier alpha value is -1.55. The molecule has 0 saturated carbocycles. The molecule has 0 aliphatic carbocycles. The van der Waals surface area contributed by atoms with Gasteiger partial charge in [0.2, 0.25) is 5.91 Å². The van der Waals surface area contributed by atoms with Gasteiger partial charge in [-0.3, -0.25) is 4.79 Å². The third-order valence-electron chi connectivity index (χ3n) is 2.69. The Morgan fingerprint density at radius 3 is 2.67 bits per heavy atom. The highest BCUT2D eigenvalue weighted by Crippen LogP contribution is 2.09. The molecule has 1 amide bonds. The SMILES string of the molecule is CCCC(C)(N)C(=O)NCCOc1ccccc1. The standard InChI is InChI=1S/C14H22N2O2/c1-3-9-14(2,15)13(17)16-10-11-18-12-7-5-4-6-8-12/h4-8H,3,9-11,15H2,1-2H3,(H,16,17). The first kappa shape index (κ1) is 14.5. The Bertz CT molecular complexity index is 363. The van der Waals surface area contributed by atoms with Crippen LogP contribution in [-0.2, 0) is 4.79 Å². The molecule has 0 heterocycles. The highest BCUT2D eigenvalue weighted by molar-refractivity contribution is 5.85. The van der Waals surface area contributed by atoms with E-state index in [9.17, 15) is 4.79 Å². The van der Waals surface area contributed by atoms with Crippen LogP contribution in [0.3, 0.4) is 0 Å². The number of benzene rings is 1. The van der Waals surface area contributed by atoms with E-state index in [1.807, 2.05) is 37.3 Å². The van der Waals surface area contributed by atoms with Gasteiger partial charge in [0.25, 0.3) is 0 Å². The average molecular weight is 250 g/mol. The van der Waals surface area contributed by atoms with Crippen LogP contribution in [0.2, 0.25) is 0 Å². The summed E-state index contributed by atoms with van der Waals surface area (Å²) in [5, 5.41) is 2.79. The van der Waals surface area contributed by atoms with Gasteiger partial charge in [-0.25, -0.2) is 0 Å². The molecule has 3 N–H and O–H groups in total. The van der Waals surface area contributed by atoms with Gasteiger partial charge < -0.3 is 15.8 Å². The molecule has 0 radical (unpaired) electrons. The predicted octanol–water partition coefficient (Wildman–Crippen LogP) is 1.70. The van der Waals surface area contributed by atoms with Crippen molar-refractivity contribution in [1.29, 1.82) is 0 Å². The van der Waals surface area contributed by atoms with E-state index in [0.717, 1.165) is 12.2 Å². The summed E-state index contributed by atoms with van der Waals surface area (Å²) < 4.78 is 5.47. The molecule has 1 unspecified atom stereocenters. The normalized spacial score (nSPS) is 13.7. The van der Waals surface area contributed by atoms with E-state index in [0.29, 0.717) is 19.6 Å². The largest absolute Gasteiger partial charge is 0.492 e. The molecule has 0 fully saturated rings. The molecule has 100 valence electrons. The third kappa shape index (κ3) is 4.75. The Morgan fingerprint density at radius 1 is 1.39 bits per heavy atom. The van der Waals surface area contributed by atoms with Crippen molar-refractivity contribution >= 4 is 5.91 Å². The molecule has 0 aliphatic heterocycles.